The fourth-order valence-corrected chi connectivity index (χ4v) is 3.25. The van der Waals surface area contributed by atoms with Crippen LogP contribution in [0.1, 0.15) is 12.0 Å². The van der Waals surface area contributed by atoms with Gasteiger partial charge < -0.3 is 10.0 Å². The maximum absolute atomic E-state index is 11.8. The van der Waals surface area contributed by atoms with Crippen molar-refractivity contribution in [2.45, 2.75) is 12.2 Å². The maximum atomic E-state index is 11.8. The minimum Gasteiger partial charge on any atom is -0.465 e. The van der Waals surface area contributed by atoms with Crippen LogP contribution in [0.4, 0.5) is 4.79 Å². The first-order valence-electron chi connectivity index (χ1n) is 6.35. The highest BCUT2D eigenvalue weighted by atomic mass is 32.2. The van der Waals surface area contributed by atoms with Crippen LogP contribution in [-0.4, -0.2) is 44.2 Å². The summed E-state index contributed by atoms with van der Waals surface area (Å²) in [4.78, 5) is 12.0. The van der Waals surface area contributed by atoms with E-state index in [1.807, 2.05) is 6.07 Å². The normalized spacial score (nSPS) is 19.2. The smallest absolute Gasteiger partial charge is 0.407 e. The van der Waals surface area contributed by atoms with E-state index in [0.717, 1.165) is 0 Å². The molecule has 1 fully saturated rings. The molecule has 20 heavy (non-hydrogen) atoms. The summed E-state index contributed by atoms with van der Waals surface area (Å²) in [5.41, 5.74) is 0.672. The van der Waals surface area contributed by atoms with Crippen LogP contribution < -0.4 is 0 Å². The standard InChI is InChI=1S/C13H17NO5S/c15-13(16)14-7-6-12(8-14)9-19-20(17,18)10-11-4-2-1-3-5-11/h1-5,12H,6-10H2,(H,15,16)/t12-/m1/s1. The Labute approximate surface area is 118 Å². The number of benzene rings is 1. The molecular formula is C13H17NO5S. The van der Waals surface area contributed by atoms with Crippen LogP contribution in [0.3, 0.4) is 0 Å². The summed E-state index contributed by atoms with van der Waals surface area (Å²) in [7, 11) is -3.63. The highest BCUT2D eigenvalue weighted by molar-refractivity contribution is 7.85. The van der Waals surface area contributed by atoms with Crippen LogP contribution >= 0.6 is 0 Å². The highest BCUT2D eigenvalue weighted by Crippen LogP contribution is 2.18. The number of hydrogen-bond donors (Lipinski definition) is 1. The van der Waals surface area contributed by atoms with Crippen LogP contribution in [0, 0.1) is 5.92 Å². The topological polar surface area (TPSA) is 83.9 Å². The summed E-state index contributed by atoms with van der Waals surface area (Å²) in [6, 6.07) is 8.81. The summed E-state index contributed by atoms with van der Waals surface area (Å²) in [6.45, 7) is 0.803. The molecule has 1 aromatic carbocycles. The molecule has 2 rings (SSSR count). The summed E-state index contributed by atoms with van der Waals surface area (Å²) >= 11 is 0. The summed E-state index contributed by atoms with van der Waals surface area (Å²) in [5, 5.41) is 8.82. The Morgan fingerprint density at radius 1 is 1.35 bits per heavy atom. The van der Waals surface area contributed by atoms with Crippen molar-refractivity contribution in [3.05, 3.63) is 35.9 Å². The zero-order chi connectivity index (χ0) is 14.6. The monoisotopic (exact) mass is 299 g/mol. The average Bonchev–Trinajstić information content (AvgIpc) is 2.86. The van der Waals surface area contributed by atoms with Crippen LogP contribution in [-0.2, 0) is 20.1 Å². The number of carboxylic acid groups (broad SMARTS) is 1. The molecule has 1 amide bonds. The molecule has 1 N–H and O–H groups in total. The first-order chi connectivity index (χ1) is 9.46. The molecule has 0 bridgehead atoms. The van der Waals surface area contributed by atoms with Gasteiger partial charge in [0.25, 0.3) is 10.1 Å². The van der Waals surface area contributed by atoms with Crippen LogP contribution in [0.2, 0.25) is 0 Å². The molecule has 1 aliphatic rings. The third-order valence-electron chi connectivity index (χ3n) is 3.23. The lowest BCUT2D eigenvalue weighted by Gasteiger charge is -2.12. The van der Waals surface area contributed by atoms with Gasteiger partial charge in [-0.25, -0.2) is 4.79 Å². The minimum atomic E-state index is -3.63. The van der Waals surface area contributed by atoms with Gasteiger partial charge >= 0.3 is 6.09 Å². The molecule has 7 heteroatoms. The average molecular weight is 299 g/mol. The van der Waals surface area contributed by atoms with Gasteiger partial charge in [0, 0.05) is 19.0 Å². The van der Waals surface area contributed by atoms with Gasteiger partial charge in [-0.05, 0) is 12.0 Å². The van der Waals surface area contributed by atoms with E-state index in [2.05, 4.69) is 0 Å². The number of carbonyl (C=O) groups is 1. The van der Waals surface area contributed by atoms with Gasteiger partial charge in [-0.15, -0.1) is 0 Å². The van der Waals surface area contributed by atoms with E-state index >= 15 is 0 Å². The molecule has 6 nitrogen and oxygen atoms in total. The van der Waals surface area contributed by atoms with Crippen LogP contribution in [0.15, 0.2) is 30.3 Å². The van der Waals surface area contributed by atoms with Crippen molar-refractivity contribution < 1.29 is 22.5 Å². The zero-order valence-electron chi connectivity index (χ0n) is 10.9. The largest absolute Gasteiger partial charge is 0.465 e. The fraction of sp³-hybridized carbons (Fsp3) is 0.462. The first-order valence-corrected chi connectivity index (χ1v) is 7.93. The van der Waals surface area contributed by atoms with Crippen molar-refractivity contribution in [3.63, 3.8) is 0 Å². The number of nitrogens with zero attached hydrogens (tertiary/aromatic N) is 1. The van der Waals surface area contributed by atoms with E-state index in [1.54, 1.807) is 24.3 Å². The molecular weight excluding hydrogens is 282 g/mol. The van der Waals surface area contributed by atoms with E-state index < -0.39 is 16.2 Å². The van der Waals surface area contributed by atoms with E-state index in [0.29, 0.717) is 25.1 Å². The van der Waals surface area contributed by atoms with Crippen LogP contribution in [0.5, 0.6) is 0 Å². The summed E-state index contributed by atoms with van der Waals surface area (Å²) in [6.07, 6.45) is -0.340. The highest BCUT2D eigenvalue weighted by Gasteiger charge is 2.27. The molecule has 110 valence electrons. The van der Waals surface area contributed by atoms with Crippen LogP contribution in [0.25, 0.3) is 0 Å². The second-order valence-corrected chi connectivity index (χ2v) is 6.50. The van der Waals surface area contributed by atoms with Crippen molar-refractivity contribution in [1.82, 2.24) is 4.90 Å². The lowest BCUT2D eigenvalue weighted by molar-refractivity contribution is 0.152. The molecule has 0 aliphatic carbocycles. The lowest BCUT2D eigenvalue weighted by atomic mass is 10.1. The Bertz CT molecular complexity index is 557. The Morgan fingerprint density at radius 2 is 2.05 bits per heavy atom. The second kappa shape index (κ2) is 6.23. The van der Waals surface area contributed by atoms with Crippen molar-refractivity contribution in [3.8, 4) is 0 Å². The predicted octanol–water partition coefficient (Wildman–Crippen LogP) is 1.53. The SMILES string of the molecule is O=C(O)N1CC[C@@H](COS(=O)(=O)Cc2ccccc2)C1. The molecule has 1 atom stereocenters. The number of rotatable bonds is 5. The Balaban J connectivity index is 1.83. The second-order valence-electron chi connectivity index (χ2n) is 4.86. The van der Waals surface area contributed by atoms with E-state index in [9.17, 15) is 13.2 Å². The van der Waals surface area contributed by atoms with Gasteiger partial charge in [0.1, 0.15) is 5.75 Å². The molecule has 1 heterocycles. The predicted molar refractivity (Wildman–Crippen MR) is 72.7 cm³/mol. The van der Waals surface area contributed by atoms with Crippen molar-refractivity contribution >= 4 is 16.2 Å². The molecule has 0 aromatic heterocycles. The third kappa shape index (κ3) is 4.21. The van der Waals surface area contributed by atoms with Gasteiger partial charge in [-0.1, -0.05) is 30.3 Å². The Kier molecular flexibility index (Phi) is 4.61. The Morgan fingerprint density at radius 3 is 2.65 bits per heavy atom. The molecule has 1 saturated heterocycles. The maximum Gasteiger partial charge on any atom is 0.407 e. The Hall–Kier alpha value is -1.60. The van der Waals surface area contributed by atoms with E-state index in [-0.39, 0.29) is 18.3 Å². The first kappa shape index (κ1) is 14.8. The van der Waals surface area contributed by atoms with Gasteiger partial charge in [0.2, 0.25) is 0 Å². The molecule has 1 aromatic rings. The fourth-order valence-electron chi connectivity index (χ4n) is 2.16. The minimum absolute atomic E-state index is 0.0406. The van der Waals surface area contributed by atoms with Crippen molar-refractivity contribution in [1.29, 1.82) is 0 Å². The number of amides is 1. The lowest BCUT2D eigenvalue weighted by Crippen LogP contribution is -2.27. The summed E-state index contributed by atoms with van der Waals surface area (Å²) < 4.78 is 28.6. The molecule has 0 spiro atoms. The zero-order valence-corrected chi connectivity index (χ0v) is 11.8. The number of hydrogen-bond acceptors (Lipinski definition) is 4. The van der Waals surface area contributed by atoms with Gasteiger partial charge in [-0.3, -0.25) is 4.18 Å². The van der Waals surface area contributed by atoms with Gasteiger partial charge in [-0.2, -0.15) is 8.42 Å². The summed E-state index contributed by atoms with van der Waals surface area (Å²) in [5.74, 6) is -0.222. The van der Waals surface area contributed by atoms with Crippen molar-refractivity contribution in [2.75, 3.05) is 19.7 Å². The number of likely N-dealkylation sites (tertiary alicyclic amines) is 1. The molecule has 0 radical (unpaired) electrons. The van der Waals surface area contributed by atoms with E-state index in [4.69, 9.17) is 9.29 Å². The van der Waals surface area contributed by atoms with Gasteiger partial charge in [0.15, 0.2) is 0 Å². The third-order valence-corrected chi connectivity index (χ3v) is 4.41. The van der Waals surface area contributed by atoms with E-state index in [1.165, 1.54) is 4.90 Å². The molecule has 0 unspecified atom stereocenters. The quantitative estimate of drug-likeness (QED) is 0.834. The van der Waals surface area contributed by atoms with Crippen molar-refractivity contribution in [2.24, 2.45) is 5.92 Å². The molecule has 1 aliphatic heterocycles. The van der Waals surface area contributed by atoms with Gasteiger partial charge in [0.05, 0.1) is 6.61 Å². The molecule has 0 saturated carbocycles.